The summed E-state index contributed by atoms with van der Waals surface area (Å²) in [6.45, 7) is 5.00. The molecule has 1 aliphatic heterocycles. The number of piperidine rings is 1. The topological polar surface area (TPSA) is 3.24 Å². The van der Waals surface area contributed by atoms with E-state index >= 15 is 0 Å². The molecule has 68 valence electrons. The van der Waals surface area contributed by atoms with Crippen LogP contribution in [-0.2, 0) is 0 Å². The maximum Gasteiger partial charge on any atom is 0.0175 e. The van der Waals surface area contributed by atoms with E-state index in [0.717, 1.165) is 5.92 Å². The summed E-state index contributed by atoms with van der Waals surface area (Å²) in [5.41, 5.74) is 1.65. The highest BCUT2D eigenvalue weighted by atomic mass is 15.1. The van der Waals surface area contributed by atoms with Crippen LogP contribution in [0.4, 0.5) is 0 Å². The normalized spacial score (nSPS) is 30.6. The van der Waals surface area contributed by atoms with E-state index in [1.165, 1.54) is 45.2 Å². The molecule has 1 heteroatoms. The molecule has 1 aliphatic carbocycles. The fourth-order valence-electron chi connectivity index (χ4n) is 2.42. The maximum atomic E-state index is 2.61. The van der Waals surface area contributed by atoms with Crippen LogP contribution in [0.1, 0.15) is 39.0 Å². The van der Waals surface area contributed by atoms with Crippen molar-refractivity contribution in [3.05, 3.63) is 11.8 Å². The standard InChI is InChI=1S/C11H19N/c1-10-6-5-7-11(10)12-8-3-2-4-9-12/h7,10H,2-6,8-9H2,1H3. The lowest BCUT2D eigenvalue weighted by atomic mass is 10.1. The molecule has 0 saturated carbocycles. The van der Waals surface area contributed by atoms with Crippen LogP contribution in [0.25, 0.3) is 0 Å². The second-order valence-corrected chi connectivity index (χ2v) is 4.16. The van der Waals surface area contributed by atoms with Crippen LogP contribution in [0.2, 0.25) is 0 Å². The Balaban J connectivity index is 1.97. The van der Waals surface area contributed by atoms with Gasteiger partial charge in [-0.3, -0.25) is 0 Å². The number of allylic oxidation sites excluding steroid dienone is 2. The summed E-state index contributed by atoms with van der Waals surface area (Å²) in [7, 11) is 0. The van der Waals surface area contributed by atoms with Gasteiger partial charge < -0.3 is 4.90 Å². The van der Waals surface area contributed by atoms with Crippen LogP contribution < -0.4 is 0 Å². The minimum absolute atomic E-state index is 0.836. The molecule has 1 fully saturated rings. The summed E-state index contributed by atoms with van der Waals surface area (Å²) in [5.74, 6) is 0.836. The Kier molecular flexibility index (Phi) is 2.38. The molecule has 0 radical (unpaired) electrons. The molecule has 1 saturated heterocycles. The van der Waals surface area contributed by atoms with E-state index in [2.05, 4.69) is 17.9 Å². The molecule has 0 amide bonds. The van der Waals surface area contributed by atoms with Gasteiger partial charge in [0.1, 0.15) is 0 Å². The lowest BCUT2D eigenvalue weighted by molar-refractivity contribution is 0.263. The minimum Gasteiger partial charge on any atom is -0.375 e. The average molecular weight is 165 g/mol. The number of rotatable bonds is 1. The molecule has 0 aromatic rings. The first-order chi connectivity index (χ1) is 5.88. The molecule has 0 spiro atoms. The summed E-state index contributed by atoms with van der Waals surface area (Å²) < 4.78 is 0. The summed E-state index contributed by atoms with van der Waals surface area (Å²) in [5, 5.41) is 0. The predicted molar refractivity (Wildman–Crippen MR) is 51.9 cm³/mol. The Bertz CT molecular complexity index is 177. The van der Waals surface area contributed by atoms with Crippen molar-refractivity contribution in [1.82, 2.24) is 4.90 Å². The van der Waals surface area contributed by atoms with Crippen LogP contribution in [0, 0.1) is 5.92 Å². The Morgan fingerprint density at radius 1 is 1.25 bits per heavy atom. The van der Waals surface area contributed by atoms with E-state index < -0.39 is 0 Å². The number of hydrogen-bond donors (Lipinski definition) is 0. The molecule has 0 aromatic heterocycles. The van der Waals surface area contributed by atoms with Crippen LogP contribution in [-0.4, -0.2) is 18.0 Å². The van der Waals surface area contributed by atoms with Gasteiger partial charge in [-0.2, -0.15) is 0 Å². The summed E-state index contributed by atoms with van der Waals surface area (Å²) in [6, 6.07) is 0. The van der Waals surface area contributed by atoms with Gasteiger partial charge in [0, 0.05) is 18.8 Å². The lowest BCUT2D eigenvalue weighted by Gasteiger charge is -2.32. The number of likely N-dealkylation sites (tertiary alicyclic amines) is 1. The van der Waals surface area contributed by atoms with Crippen molar-refractivity contribution in [2.45, 2.75) is 39.0 Å². The third-order valence-electron chi connectivity index (χ3n) is 3.18. The number of hydrogen-bond acceptors (Lipinski definition) is 1. The van der Waals surface area contributed by atoms with Crippen molar-refractivity contribution in [3.63, 3.8) is 0 Å². The fourth-order valence-corrected chi connectivity index (χ4v) is 2.42. The quantitative estimate of drug-likeness (QED) is 0.577. The minimum atomic E-state index is 0.836. The molecule has 1 heterocycles. The maximum absolute atomic E-state index is 2.61. The third kappa shape index (κ3) is 1.50. The van der Waals surface area contributed by atoms with Gasteiger partial charge >= 0.3 is 0 Å². The van der Waals surface area contributed by atoms with Crippen molar-refractivity contribution in [2.24, 2.45) is 5.92 Å². The number of nitrogens with zero attached hydrogens (tertiary/aromatic N) is 1. The highest BCUT2D eigenvalue weighted by Crippen LogP contribution is 2.29. The van der Waals surface area contributed by atoms with Gasteiger partial charge in [-0.1, -0.05) is 13.0 Å². The molecule has 0 aromatic carbocycles. The van der Waals surface area contributed by atoms with Crippen LogP contribution >= 0.6 is 0 Å². The second-order valence-electron chi connectivity index (χ2n) is 4.16. The fraction of sp³-hybridized carbons (Fsp3) is 0.818. The molecule has 12 heavy (non-hydrogen) atoms. The Hall–Kier alpha value is -0.460. The van der Waals surface area contributed by atoms with Gasteiger partial charge in [-0.25, -0.2) is 0 Å². The van der Waals surface area contributed by atoms with E-state index in [4.69, 9.17) is 0 Å². The first-order valence-corrected chi connectivity index (χ1v) is 5.33. The SMILES string of the molecule is CC1CCC=C1N1CCCCC1. The summed E-state index contributed by atoms with van der Waals surface area (Å²) in [4.78, 5) is 2.61. The van der Waals surface area contributed by atoms with Gasteiger partial charge in [-0.15, -0.1) is 0 Å². The monoisotopic (exact) mass is 165 g/mol. The molecule has 2 aliphatic rings. The molecule has 1 unspecified atom stereocenters. The van der Waals surface area contributed by atoms with Crippen LogP contribution in [0.15, 0.2) is 11.8 Å². The Morgan fingerprint density at radius 3 is 2.58 bits per heavy atom. The predicted octanol–water partition coefficient (Wildman–Crippen LogP) is 2.79. The first-order valence-electron chi connectivity index (χ1n) is 5.33. The zero-order valence-electron chi connectivity index (χ0n) is 8.05. The first kappa shape index (κ1) is 8.15. The Morgan fingerprint density at radius 2 is 2.00 bits per heavy atom. The smallest absolute Gasteiger partial charge is 0.0175 e. The molecule has 1 atom stereocenters. The zero-order chi connectivity index (χ0) is 8.39. The van der Waals surface area contributed by atoms with Crippen LogP contribution in [0.3, 0.4) is 0 Å². The third-order valence-corrected chi connectivity index (χ3v) is 3.18. The van der Waals surface area contributed by atoms with Crippen molar-refractivity contribution in [2.75, 3.05) is 13.1 Å². The molecule has 0 bridgehead atoms. The largest absolute Gasteiger partial charge is 0.375 e. The summed E-state index contributed by atoms with van der Waals surface area (Å²) >= 11 is 0. The van der Waals surface area contributed by atoms with Crippen molar-refractivity contribution < 1.29 is 0 Å². The molecule has 0 N–H and O–H groups in total. The molecular formula is C11H19N. The van der Waals surface area contributed by atoms with Gasteiger partial charge in [0.2, 0.25) is 0 Å². The summed E-state index contributed by atoms with van der Waals surface area (Å²) in [6.07, 6.45) is 9.40. The van der Waals surface area contributed by atoms with E-state index in [1.54, 1.807) is 5.70 Å². The lowest BCUT2D eigenvalue weighted by Crippen LogP contribution is -2.30. The van der Waals surface area contributed by atoms with Gasteiger partial charge in [-0.05, 0) is 38.0 Å². The molecule has 2 rings (SSSR count). The zero-order valence-corrected chi connectivity index (χ0v) is 8.05. The second kappa shape index (κ2) is 3.51. The van der Waals surface area contributed by atoms with Crippen molar-refractivity contribution >= 4 is 0 Å². The van der Waals surface area contributed by atoms with Gasteiger partial charge in [0.05, 0.1) is 0 Å². The Labute approximate surface area is 75.4 Å². The van der Waals surface area contributed by atoms with Crippen molar-refractivity contribution in [3.8, 4) is 0 Å². The molecule has 1 nitrogen and oxygen atoms in total. The highest BCUT2D eigenvalue weighted by Gasteiger charge is 2.21. The van der Waals surface area contributed by atoms with E-state index in [9.17, 15) is 0 Å². The highest BCUT2D eigenvalue weighted by molar-refractivity contribution is 5.11. The van der Waals surface area contributed by atoms with E-state index in [0.29, 0.717) is 0 Å². The van der Waals surface area contributed by atoms with Gasteiger partial charge in [0.25, 0.3) is 0 Å². The van der Waals surface area contributed by atoms with E-state index in [-0.39, 0.29) is 0 Å². The van der Waals surface area contributed by atoms with Crippen LogP contribution in [0.5, 0.6) is 0 Å². The molecular weight excluding hydrogens is 146 g/mol. The van der Waals surface area contributed by atoms with Crippen molar-refractivity contribution in [1.29, 1.82) is 0 Å². The van der Waals surface area contributed by atoms with E-state index in [1.807, 2.05) is 0 Å². The van der Waals surface area contributed by atoms with Gasteiger partial charge in [0.15, 0.2) is 0 Å². The average Bonchev–Trinajstić information content (AvgIpc) is 2.53.